The van der Waals surface area contributed by atoms with Crippen LogP contribution in [0.5, 0.6) is 0 Å². The molecule has 0 unspecified atom stereocenters. The third-order valence-electron chi connectivity index (χ3n) is 18.5. The molecular weight excluding hydrogens is 1500 g/mol. The topological polar surface area (TPSA) is 282 Å². The number of carbonyl (C=O) groups is 2. The molecule has 0 spiro atoms. The number of morpholine rings is 2. The van der Waals surface area contributed by atoms with E-state index in [1.54, 1.807) is 81.1 Å². The molecule has 26 nitrogen and oxygen atoms in total. The van der Waals surface area contributed by atoms with Crippen molar-refractivity contribution in [2.24, 2.45) is 0 Å². The molecule has 2 aliphatic heterocycles. The standard InChI is InChI=1S/2C22H25F2N5O.2C19H21ClN6O/c2*1-4-18-13-28(7-8-30-18)21-12-17(10-16-5-6-19(23)20(24)11-16)25-22(26-21)29-15(3)9-14(2)27-29;2*1-11-9-12(2)26(25-11)19-23-17(21-13(3)14(4)27)10-18(24-19)22-16-7-5-15(20)6-8-16/h2*5-6,9,11-12,18H,4,7-8,10,13H2,1-3H3;2*5-10,13H,1-4H3,(H2,21,22,23,24)/t2*18-;2*13-/m1010/s1. The Hall–Kier alpha value is -11.6. The SMILES string of the molecule is CC(=O)[C@@H](C)Nc1cc(Nc2ccc(Cl)cc2)nc(-n2nc(C)cc2C)n1.CC(=O)[C@H](C)Nc1cc(Nc2ccc(Cl)cc2)nc(-n2nc(C)cc2C)n1.CC[C@@H]1CN(c2cc(Cc3ccc(F)c(F)c3)nc(-n3nc(C)cc3C)n2)CCO1.CC[C@H]1CN(c2cc(Cc3ccc(F)c(F)c3)nc(-n3nc(C)cc3C)n2)CCO1. The largest absolute Gasteiger partial charge is 0.375 e. The maximum atomic E-state index is 13.7. The average Bonchev–Trinajstić information content (AvgIpc) is 1.60. The Morgan fingerprint density at radius 1 is 0.430 bits per heavy atom. The van der Waals surface area contributed by atoms with E-state index in [0.29, 0.717) is 106 Å². The van der Waals surface area contributed by atoms with Crippen molar-refractivity contribution in [1.82, 2.24) is 79.0 Å². The lowest BCUT2D eigenvalue weighted by Gasteiger charge is -2.33. The molecule has 2 aliphatic rings. The second-order valence-corrected chi connectivity index (χ2v) is 28.9. The normalized spacial score (nSPS) is 14.5. The molecule has 2 fully saturated rings. The number of aromatic nitrogens is 16. The van der Waals surface area contributed by atoms with Gasteiger partial charge in [-0.25, -0.2) is 46.3 Å². The van der Waals surface area contributed by atoms with Gasteiger partial charge in [-0.05, 0) is 204 Å². The van der Waals surface area contributed by atoms with Gasteiger partial charge in [-0.2, -0.15) is 50.3 Å². The molecule has 114 heavy (non-hydrogen) atoms. The third-order valence-corrected chi connectivity index (χ3v) is 19.0. The van der Waals surface area contributed by atoms with Gasteiger partial charge in [-0.3, -0.25) is 9.59 Å². The van der Waals surface area contributed by atoms with Crippen LogP contribution in [0.2, 0.25) is 10.0 Å². The second-order valence-electron chi connectivity index (χ2n) is 28.0. The van der Waals surface area contributed by atoms with Gasteiger partial charge in [0.05, 0.1) is 71.7 Å². The molecule has 8 aromatic heterocycles. The predicted molar refractivity (Wildman–Crippen MR) is 434 cm³/mol. The molecule has 0 amide bonds. The van der Waals surface area contributed by atoms with Crippen LogP contribution in [0.3, 0.4) is 0 Å². The van der Waals surface area contributed by atoms with Crippen LogP contribution in [-0.4, -0.2) is 154 Å². The van der Waals surface area contributed by atoms with E-state index in [4.69, 9.17) is 42.6 Å². The highest BCUT2D eigenvalue weighted by Crippen LogP contribution is 2.28. The van der Waals surface area contributed by atoms with E-state index in [1.807, 2.05) is 116 Å². The molecule has 14 rings (SSSR count). The van der Waals surface area contributed by atoms with Gasteiger partial charge in [0, 0.05) is 107 Å². The fourth-order valence-electron chi connectivity index (χ4n) is 12.4. The van der Waals surface area contributed by atoms with E-state index in [2.05, 4.69) is 95.2 Å². The molecule has 596 valence electrons. The number of aryl methyl sites for hydroxylation is 8. The number of hydrogen-bond donors (Lipinski definition) is 4. The lowest BCUT2D eigenvalue weighted by atomic mass is 10.1. The van der Waals surface area contributed by atoms with Crippen molar-refractivity contribution in [3.8, 4) is 23.8 Å². The van der Waals surface area contributed by atoms with E-state index >= 15 is 0 Å². The number of Topliss-reactive ketones (excluding diaryl/α,β-unsaturated/α-hetero) is 2. The van der Waals surface area contributed by atoms with Crippen LogP contribution in [0.25, 0.3) is 23.8 Å². The molecule has 32 heteroatoms. The van der Waals surface area contributed by atoms with Crippen LogP contribution in [0, 0.1) is 78.7 Å². The van der Waals surface area contributed by atoms with Crippen molar-refractivity contribution in [3.63, 3.8) is 0 Å². The van der Waals surface area contributed by atoms with Crippen molar-refractivity contribution in [1.29, 1.82) is 0 Å². The molecule has 4 N–H and O–H groups in total. The zero-order valence-corrected chi connectivity index (χ0v) is 67.5. The maximum Gasteiger partial charge on any atom is 0.254 e. The Kier molecular flexibility index (Phi) is 27.6. The van der Waals surface area contributed by atoms with Crippen molar-refractivity contribution >= 4 is 81.1 Å². The number of nitrogens with zero attached hydrogens (tertiary/aromatic N) is 18. The van der Waals surface area contributed by atoms with E-state index in [1.165, 1.54) is 26.0 Å². The summed E-state index contributed by atoms with van der Waals surface area (Å²) in [4.78, 5) is 64.7. The molecule has 4 aromatic carbocycles. The highest BCUT2D eigenvalue weighted by atomic mass is 35.5. The van der Waals surface area contributed by atoms with E-state index in [-0.39, 0.29) is 35.9 Å². The number of nitrogens with one attached hydrogen (secondary N) is 4. The van der Waals surface area contributed by atoms with Gasteiger partial charge in [-0.1, -0.05) is 49.2 Å². The zero-order chi connectivity index (χ0) is 81.6. The Labute approximate surface area is 669 Å². The first-order chi connectivity index (χ1) is 54.5. The van der Waals surface area contributed by atoms with Gasteiger partial charge in [0.15, 0.2) is 34.8 Å². The highest BCUT2D eigenvalue weighted by Gasteiger charge is 2.26. The fourth-order valence-corrected chi connectivity index (χ4v) is 12.6. The first kappa shape index (κ1) is 83.3. The number of anilines is 8. The molecule has 0 bridgehead atoms. The van der Waals surface area contributed by atoms with Gasteiger partial charge < -0.3 is 40.5 Å². The van der Waals surface area contributed by atoms with E-state index in [0.717, 1.165) is 120 Å². The summed E-state index contributed by atoms with van der Waals surface area (Å²) in [6, 6.07) is 36.9. The highest BCUT2D eigenvalue weighted by molar-refractivity contribution is 6.31. The van der Waals surface area contributed by atoms with Gasteiger partial charge in [0.1, 0.15) is 34.9 Å². The lowest BCUT2D eigenvalue weighted by molar-refractivity contribution is -0.118. The molecule has 4 atom stereocenters. The number of hydrogen-bond acceptors (Lipinski definition) is 22. The molecule has 0 saturated carbocycles. The molecule has 10 heterocycles. The lowest BCUT2D eigenvalue weighted by Crippen LogP contribution is -2.42. The summed E-state index contributed by atoms with van der Waals surface area (Å²) in [6.07, 6.45) is 2.88. The van der Waals surface area contributed by atoms with Crippen molar-refractivity contribution < 1.29 is 36.6 Å². The minimum Gasteiger partial charge on any atom is -0.375 e. The summed E-state index contributed by atoms with van der Waals surface area (Å²) in [5.74, 6) is 2.16. The monoisotopic (exact) mass is 1590 g/mol. The Morgan fingerprint density at radius 3 is 1.05 bits per heavy atom. The Bertz CT molecular complexity index is 5020. The second kappa shape index (κ2) is 37.8. The zero-order valence-electron chi connectivity index (χ0n) is 66.0. The number of halogens is 6. The van der Waals surface area contributed by atoms with Crippen molar-refractivity contribution in [2.45, 2.75) is 147 Å². The summed E-state index contributed by atoms with van der Waals surface area (Å²) in [6.45, 7) is 30.5. The smallest absolute Gasteiger partial charge is 0.254 e. The van der Waals surface area contributed by atoms with Crippen LogP contribution in [-0.2, 0) is 31.9 Å². The van der Waals surface area contributed by atoms with Gasteiger partial charge in [0.2, 0.25) is 0 Å². The summed E-state index contributed by atoms with van der Waals surface area (Å²) in [5.41, 5.74) is 11.6. The summed E-state index contributed by atoms with van der Waals surface area (Å²) in [7, 11) is 0. The quantitative estimate of drug-likeness (QED) is 0.0459. The molecule has 0 aliphatic carbocycles. The Balaban J connectivity index is 0.000000150. The number of ketones is 2. The first-order valence-corrected chi connectivity index (χ1v) is 38.1. The summed E-state index contributed by atoms with van der Waals surface area (Å²) in [5, 5.41) is 31.9. The maximum absolute atomic E-state index is 13.7. The van der Waals surface area contributed by atoms with Crippen molar-refractivity contribution in [3.05, 3.63) is 235 Å². The number of rotatable bonds is 22. The van der Waals surface area contributed by atoms with Gasteiger partial charge in [-0.15, -0.1) is 0 Å². The summed E-state index contributed by atoms with van der Waals surface area (Å²) < 4.78 is 72.4. The average molecular weight is 1600 g/mol. The van der Waals surface area contributed by atoms with Gasteiger partial charge in [0.25, 0.3) is 23.8 Å². The molecule has 0 radical (unpaired) electrons. The molecular formula is C82H92Cl2F4N22O4. The van der Waals surface area contributed by atoms with Gasteiger partial charge >= 0.3 is 0 Å². The van der Waals surface area contributed by atoms with Crippen LogP contribution in [0.4, 0.5) is 63.8 Å². The molecule has 2 saturated heterocycles. The van der Waals surface area contributed by atoms with Crippen molar-refractivity contribution in [2.75, 3.05) is 70.5 Å². The predicted octanol–water partition coefficient (Wildman–Crippen LogP) is 15.7. The van der Waals surface area contributed by atoms with E-state index < -0.39 is 23.3 Å². The van der Waals surface area contributed by atoms with Crippen LogP contribution < -0.4 is 31.1 Å². The number of benzene rings is 4. The van der Waals surface area contributed by atoms with Crippen LogP contribution in [0.1, 0.15) is 122 Å². The number of carbonyl (C=O) groups excluding carboxylic acids is 2. The third kappa shape index (κ3) is 22.4. The van der Waals surface area contributed by atoms with E-state index in [9.17, 15) is 27.2 Å². The molecule has 12 aromatic rings. The summed E-state index contributed by atoms with van der Waals surface area (Å²) >= 11 is 11.9. The Morgan fingerprint density at radius 2 is 0.754 bits per heavy atom. The minimum absolute atomic E-state index is 0.0217. The van der Waals surface area contributed by atoms with Crippen LogP contribution in [0.15, 0.2) is 133 Å². The fraction of sp³-hybridized carbons (Fsp3) is 0.341. The first-order valence-electron chi connectivity index (χ1n) is 37.4. The number of ether oxygens (including phenoxy) is 2. The van der Waals surface area contributed by atoms with Crippen LogP contribution >= 0.6 is 23.2 Å². The minimum atomic E-state index is -0.862.